The first kappa shape index (κ1) is 23.5. The highest BCUT2D eigenvalue weighted by molar-refractivity contribution is 6.34. The first-order chi connectivity index (χ1) is 15.9. The van der Waals surface area contributed by atoms with Gasteiger partial charge < -0.3 is 21.3 Å². The monoisotopic (exact) mass is 484 g/mol. The van der Waals surface area contributed by atoms with Gasteiger partial charge in [-0.3, -0.25) is 9.59 Å². The molecule has 1 aliphatic heterocycles. The minimum atomic E-state index is -0.523. The topological polar surface area (TPSA) is 87.5 Å². The maximum atomic E-state index is 13.0. The molecule has 0 bridgehead atoms. The van der Waals surface area contributed by atoms with Crippen LogP contribution in [0.15, 0.2) is 60.7 Å². The van der Waals surface area contributed by atoms with Crippen LogP contribution in [0.5, 0.6) is 0 Å². The molecular formula is C25H26Cl2N4O2. The second-order valence-corrected chi connectivity index (χ2v) is 9.12. The molecule has 3 aromatic rings. The van der Waals surface area contributed by atoms with Crippen LogP contribution in [-0.4, -0.2) is 48.4 Å². The van der Waals surface area contributed by atoms with Crippen LogP contribution >= 0.6 is 23.2 Å². The standard InChI is InChI=1S/C25H26Cl2N4O2/c26-20-9-16(10-21(27)12-20)15-31-8-7-22(30-23(13-28)25(31)33)14-29-24(32)19-6-5-17-3-1-2-4-18(17)11-19/h1-6,9-12,22-23,30H,7-8,13-15,28H2,(H,29,32). The molecule has 0 saturated carbocycles. The van der Waals surface area contributed by atoms with Crippen LogP contribution in [0.4, 0.5) is 0 Å². The van der Waals surface area contributed by atoms with Crippen molar-refractivity contribution in [3.05, 3.63) is 81.8 Å². The molecule has 1 heterocycles. The molecule has 0 aromatic heterocycles. The minimum Gasteiger partial charge on any atom is -0.350 e. The van der Waals surface area contributed by atoms with Crippen molar-refractivity contribution in [2.45, 2.75) is 25.0 Å². The Kier molecular flexibility index (Phi) is 7.50. The van der Waals surface area contributed by atoms with E-state index in [0.717, 1.165) is 16.3 Å². The predicted octanol–water partition coefficient (Wildman–Crippen LogP) is 3.59. The smallest absolute Gasteiger partial charge is 0.251 e. The first-order valence-electron chi connectivity index (χ1n) is 10.9. The summed E-state index contributed by atoms with van der Waals surface area (Å²) in [6.45, 7) is 1.49. The van der Waals surface area contributed by atoms with Gasteiger partial charge in [-0.15, -0.1) is 0 Å². The molecule has 3 aromatic carbocycles. The highest BCUT2D eigenvalue weighted by Gasteiger charge is 2.30. The van der Waals surface area contributed by atoms with Crippen molar-refractivity contribution in [2.24, 2.45) is 5.73 Å². The lowest BCUT2D eigenvalue weighted by atomic mass is 10.1. The second-order valence-electron chi connectivity index (χ2n) is 8.25. The molecule has 6 nitrogen and oxygen atoms in total. The summed E-state index contributed by atoms with van der Waals surface area (Å²) in [5.41, 5.74) is 7.36. The van der Waals surface area contributed by atoms with Gasteiger partial charge in [-0.2, -0.15) is 0 Å². The molecule has 2 amide bonds. The van der Waals surface area contributed by atoms with Crippen molar-refractivity contribution >= 4 is 45.8 Å². The molecule has 8 heteroatoms. The molecule has 0 radical (unpaired) electrons. The molecule has 172 valence electrons. The summed E-state index contributed by atoms with van der Waals surface area (Å²) < 4.78 is 0. The number of amides is 2. The molecule has 0 aliphatic carbocycles. The number of carbonyl (C=O) groups excluding carboxylic acids is 2. The molecular weight excluding hydrogens is 459 g/mol. The molecule has 4 N–H and O–H groups in total. The molecule has 0 spiro atoms. The summed E-state index contributed by atoms with van der Waals surface area (Å²) in [5, 5.41) is 9.47. The van der Waals surface area contributed by atoms with Gasteiger partial charge in [0.25, 0.3) is 5.91 Å². The fraction of sp³-hybridized carbons (Fsp3) is 0.280. The zero-order valence-corrected chi connectivity index (χ0v) is 19.6. The number of carbonyl (C=O) groups is 2. The summed E-state index contributed by atoms with van der Waals surface area (Å²) >= 11 is 12.2. The predicted molar refractivity (Wildman–Crippen MR) is 133 cm³/mol. The Hall–Kier alpha value is -2.64. The lowest BCUT2D eigenvalue weighted by Crippen LogP contribution is -2.52. The van der Waals surface area contributed by atoms with Gasteiger partial charge in [-0.25, -0.2) is 0 Å². The van der Waals surface area contributed by atoms with E-state index in [1.807, 2.05) is 42.5 Å². The minimum absolute atomic E-state index is 0.0723. The van der Waals surface area contributed by atoms with E-state index in [-0.39, 0.29) is 24.4 Å². The number of hydrogen-bond acceptors (Lipinski definition) is 4. The molecule has 1 fully saturated rings. The molecule has 4 rings (SSSR count). The van der Waals surface area contributed by atoms with E-state index in [0.29, 0.717) is 41.7 Å². The third kappa shape index (κ3) is 5.84. The first-order valence-corrected chi connectivity index (χ1v) is 11.7. The van der Waals surface area contributed by atoms with Gasteiger partial charge >= 0.3 is 0 Å². The van der Waals surface area contributed by atoms with Gasteiger partial charge in [0.2, 0.25) is 5.91 Å². The third-order valence-electron chi connectivity index (χ3n) is 5.85. The van der Waals surface area contributed by atoms with Gasteiger partial charge in [0.05, 0.1) is 6.04 Å². The number of halogens is 2. The fourth-order valence-electron chi connectivity index (χ4n) is 4.14. The highest BCUT2D eigenvalue weighted by Crippen LogP contribution is 2.21. The Bertz CT molecular complexity index is 1150. The quantitative estimate of drug-likeness (QED) is 0.498. The largest absolute Gasteiger partial charge is 0.350 e. The lowest BCUT2D eigenvalue weighted by Gasteiger charge is -2.24. The number of benzene rings is 3. The average molecular weight is 485 g/mol. The number of rotatable bonds is 6. The molecule has 1 aliphatic rings. The lowest BCUT2D eigenvalue weighted by molar-refractivity contribution is -0.133. The Morgan fingerprint density at radius 1 is 1.06 bits per heavy atom. The maximum absolute atomic E-state index is 13.0. The zero-order valence-electron chi connectivity index (χ0n) is 18.1. The molecule has 2 unspecified atom stereocenters. The number of hydrogen-bond donors (Lipinski definition) is 3. The Balaban J connectivity index is 1.40. The van der Waals surface area contributed by atoms with E-state index in [4.69, 9.17) is 28.9 Å². The number of nitrogens with one attached hydrogen (secondary N) is 2. The van der Waals surface area contributed by atoms with Crippen LogP contribution in [0.2, 0.25) is 10.0 Å². The molecule has 33 heavy (non-hydrogen) atoms. The molecule has 2 atom stereocenters. The van der Waals surface area contributed by atoms with Crippen molar-refractivity contribution in [3.63, 3.8) is 0 Å². The average Bonchev–Trinajstić information content (AvgIpc) is 2.95. The van der Waals surface area contributed by atoms with Crippen molar-refractivity contribution in [1.29, 1.82) is 0 Å². The molecule has 1 saturated heterocycles. The number of nitrogens with two attached hydrogens (primary N) is 1. The van der Waals surface area contributed by atoms with Gasteiger partial charge in [-0.05, 0) is 53.1 Å². The summed E-state index contributed by atoms with van der Waals surface area (Å²) in [5.74, 6) is -0.218. The summed E-state index contributed by atoms with van der Waals surface area (Å²) in [7, 11) is 0. The normalized spacial score (nSPS) is 18.9. The Labute approximate surface area is 203 Å². The van der Waals surface area contributed by atoms with Crippen LogP contribution in [-0.2, 0) is 11.3 Å². The van der Waals surface area contributed by atoms with E-state index in [1.165, 1.54) is 0 Å². The summed E-state index contributed by atoms with van der Waals surface area (Å²) in [6.07, 6.45) is 0.675. The highest BCUT2D eigenvalue weighted by atomic mass is 35.5. The van der Waals surface area contributed by atoms with E-state index in [9.17, 15) is 9.59 Å². The van der Waals surface area contributed by atoms with Crippen LogP contribution in [0.3, 0.4) is 0 Å². The van der Waals surface area contributed by atoms with E-state index in [2.05, 4.69) is 10.6 Å². The van der Waals surface area contributed by atoms with Gasteiger partial charge in [-0.1, -0.05) is 53.5 Å². The Morgan fingerprint density at radius 3 is 2.52 bits per heavy atom. The van der Waals surface area contributed by atoms with Crippen molar-refractivity contribution in [2.75, 3.05) is 19.6 Å². The summed E-state index contributed by atoms with van der Waals surface area (Å²) in [6, 6.07) is 18.2. The van der Waals surface area contributed by atoms with Gasteiger partial charge in [0, 0.05) is 47.8 Å². The van der Waals surface area contributed by atoms with Crippen LogP contribution in [0.1, 0.15) is 22.3 Å². The number of fused-ring (bicyclic) bond motifs is 1. The van der Waals surface area contributed by atoms with Crippen LogP contribution in [0.25, 0.3) is 10.8 Å². The van der Waals surface area contributed by atoms with Crippen molar-refractivity contribution < 1.29 is 9.59 Å². The summed E-state index contributed by atoms with van der Waals surface area (Å²) in [4.78, 5) is 27.5. The van der Waals surface area contributed by atoms with E-state index < -0.39 is 6.04 Å². The Morgan fingerprint density at radius 2 is 1.79 bits per heavy atom. The second kappa shape index (κ2) is 10.5. The zero-order chi connectivity index (χ0) is 23.4. The fourth-order valence-corrected chi connectivity index (χ4v) is 4.71. The third-order valence-corrected chi connectivity index (χ3v) is 6.28. The van der Waals surface area contributed by atoms with E-state index >= 15 is 0 Å². The SMILES string of the molecule is NCC1NC(CNC(=O)c2ccc3ccccc3c2)CCN(Cc2cc(Cl)cc(Cl)c2)C1=O. The van der Waals surface area contributed by atoms with E-state index in [1.54, 1.807) is 23.1 Å². The van der Waals surface area contributed by atoms with Gasteiger partial charge in [0.15, 0.2) is 0 Å². The van der Waals surface area contributed by atoms with Crippen molar-refractivity contribution in [3.8, 4) is 0 Å². The van der Waals surface area contributed by atoms with Crippen molar-refractivity contribution in [1.82, 2.24) is 15.5 Å². The number of nitrogens with zero attached hydrogens (tertiary/aromatic N) is 1. The van der Waals surface area contributed by atoms with Crippen LogP contribution in [0, 0.1) is 0 Å². The van der Waals surface area contributed by atoms with Crippen LogP contribution < -0.4 is 16.4 Å². The maximum Gasteiger partial charge on any atom is 0.251 e. The van der Waals surface area contributed by atoms with Gasteiger partial charge in [0.1, 0.15) is 0 Å².